The number of fused-ring (bicyclic) bond motifs is 3. The summed E-state index contributed by atoms with van der Waals surface area (Å²) in [5, 5.41) is 0. The van der Waals surface area contributed by atoms with Crippen LogP contribution in [0.4, 0.5) is 0 Å². The van der Waals surface area contributed by atoms with Crippen molar-refractivity contribution in [1.82, 2.24) is 0 Å². The predicted molar refractivity (Wildman–Crippen MR) is 81.4 cm³/mol. The topological polar surface area (TPSA) is 80.7 Å². The van der Waals surface area contributed by atoms with Gasteiger partial charge in [-0.05, 0) is 40.8 Å². The minimum atomic E-state index is -4.13. The number of ether oxygens (including phenoxy) is 1. The van der Waals surface area contributed by atoms with Gasteiger partial charge in [0.1, 0.15) is 12.4 Å². The van der Waals surface area contributed by atoms with Crippen molar-refractivity contribution >= 4 is 16.1 Å². The van der Waals surface area contributed by atoms with Crippen molar-refractivity contribution < 1.29 is 22.5 Å². The van der Waals surface area contributed by atoms with Gasteiger partial charge in [0.15, 0.2) is 0 Å². The lowest BCUT2D eigenvalue weighted by molar-refractivity contribution is 0.0528. The zero-order chi connectivity index (χ0) is 15.7. The number of benzene rings is 2. The molecular formula is C16H14O5S. The normalized spacial score (nSPS) is 12.6. The van der Waals surface area contributed by atoms with Crippen LogP contribution in [0.5, 0.6) is 0 Å². The third-order valence-corrected chi connectivity index (χ3v) is 4.29. The van der Waals surface area contributed by atoms with Gasteiger partial charge >= 0.3 is 5.97 Å². The molecule has 0 amide bonds. The van der Waals surface area contributed by atoms with Crippen LogP contribution in [0.2, 0.25) is 0 Å². The molecule has 2 aromatic rings. The molecule has 1 aliphatic carbocycles. The highest BCUT2D eigenvalue weighted by Crippen LogP contribution is 2.36. The van der Waals surface area contributed by atoms with E-state index in [1.807, 2.05) is 24.3 Å². The monoisotopic (exact) mass is 318 g/mol. The Labute approximate surface area is 128 Å². The smallest absolute Gasteiger partial charge is 0.338 e. The van der Waals surface area contributed by atoms with Crippen molar-refractivity contribution in [2.75, 3.05) is 12.4 Å². The number of hydrogen-bond acceptors (Lipinski definition) is 4. The van der Waals surface area contributed by atoms with Gasteiger partial charge in [-0.25, -0.2) is 4.79 Å². The first-order chi connectivity index (χ1) is 10.4. The Morgan fingerprint density at radius 3 is 2.59 bits per heavy atom. The lowest BCUT2D eigenvalue weighted by Gasteiger charge is -2.06. The van der Waals surface area contributed by atoms with E-state index in [4.69, 9.17) is 9.29 Å². The van der Waals surface area contributed by atoms with Crippen molar-refractivity contribution in [2.24, 2.45) is 0 Å². The largest absolute Gasteiger partial charge is 0.461 e. The Hall–Kier alpha value is -2.18. The maximum Gasteiger partial charge on any atom is 0.338 e. The Kier molecular flexibility index (Phi) is 3.72. The van der Waals surface area contributed by atoms with Gasteiger partial charge in [-0.1, -0.05) is 30.3 Å². The molecule has 22 heavy (non-hydrogen) atoms. The predicted octanol–water partition coefficient (Wildman–Crippen LogP) is 2.30. The van der Waals surface area contributed by atoms with Crippen LogP contribution in [0, 0.1) is 0 Å². The molecule has 3 rings (SSSR count). The second-order valence-corrected chi connectivity index (χ2v) is 6.70. The van der Waals surface area contributed by atoms with Gasteiger partial charge in [-0.2, -0.15) is 8.42 Å². The summed E-state index contributed by atoms with van der Waals surface area (Å²) in [6.07, 6.45) is 0.762. The molecule has 0 atom stereocenters. The number of carbonyl (C=O) groups is 1. The van der Waals surface area contributed by atoms with Crippen molar-refractivity contribution in [3.05, 3.63) is 59.2 Å². The van der Waals surface area contributed by atoms with Crippen molar-refractivity contribution in [3.63, 3.8) is 0 Å². The zero-order valence-corrected chi connectivity index (χ0v) is 12.5. The minimum Gasteiger partial charge on any atom is -0.461 e. The first-order valence-electron chi connectivity index (χ1n) is 6.77. The molecule has 0 saturated carbocycles. The lowest BCUT2D eigenvalue weighted by Crippen LogP contribution is -2.14. The van der Waals surface area contributed by atoms with Gasteiger partial charge in [0.2, 0.25) is 0 Å². The summed E-state index contributed by atoms with van der Waals surface area (Å²) in [6.45, 7) is -0.366. The summed E-state index contributed by atoms with van der Waals surface area (Å²) in [6, 6.07) is 13.4. The Balaban J connectivity index is 1.75. The average molecular weight is 318 g/mol. The highest BCUT2D eigenvalue weighted by Gasteiger charge is 2.20. The van der Waals surface area contributed by atoms with Crippen LogP contribution in [0.15, 0.2) is 42.5 Å². The molecule has 5 nitrogen and oxygen atoms in total. The van der Waals surface area contributed by atoms with E-state index in [0.29, 0.717) is 5.56 Å². The van der Waals surface area contributed by atoms with E-state index >= 15 is 0 Å². The fourth-order valence-electron chi connectivity index (χ4n) is 2.60. The first kappa shape index (κ1) is 14.7. The third-order valence-electron chi connectivity index (χ3n) is 3.60. The van der Waals surface area contributed by atoms with E-state index in [9.17, 15) is 13.2 Å². The molecule has 0 saturated heterocycles. The van der Waals surface area contributed by atoms with Crippen LogP contribution in [-0.2, 0) is 21.3 Å². The fourth-order valence-corrected chi connectivity index (χ4v) is 2.89. The maximum atomic E-state index is 11.9. The molecule has 2 aromatic carbocycles. The molecular weight excluding hydrogens is 304 g/mol. The molecule has 0 aliphatic heterocycles. The SMILES string of the molecule is O=C(OCCS(=O)(=O)O)c1ccc2c(c1)Cc1ccccc1-2. The van der Waals surface area contributed by atoms with E-state index in [2.05, 4.69) is 6.07 Å². The van der Waals surface area contributed by atoms with Gasteiger partial charge in [0, 0.05) is 0 Å². The molecule has 0 spiro atoms. The Morgan fingerprint density at radius 2 is 1.82 bits per heavy atom. The van der Waals surface area contributed by atoms with Crippen molar-refractivity contribution in [2.45, 2.75) is 6.42 Å². The second-order valence-electron chi connectivity index (χ2n) is 5.13. The molecule has 0 bridgehead atoms. The fraction of sp³-hybridized carbons (Fsp3) is 0.188. The number of esters is 1. The number of carbonyl (C=O) groups excluding carboxylic acids is 1. The summed E-state index contributed by atoms with van der Waals surface area (Å²) >= 11 is 0. The van der Waals surface area contributed by atoms with E-state index in [-0.39, 0.29) is 6.61 Å². The van der Waals surface area contributed by atoms with Crippen molar-refractivity contribution in [3.8, 4) is 11.1 Å². The molecule has 0 aromatic heterocycles. The van der Waals surface area contributed by atoms with Crippen molar-refractivity contribution in [1.29, 1.82) is 0 Å². The summed E-state index contributed by atoms with van der Waals surface area (Å²) in [5.74, 6) is -1.20. The van der Waals surface area contributed by atoms with Gasteiger partial charge in [0.25, 0.3) is 10.1 Å². The Morgan fingerprint density at radius 1 is 1.09 bits per heavy atom. The molecule has 1 N–H and O–H groups in total. The summed E-state index contributed by atoms with van der Waals surface area (Å²) in [5.41, 5.74) is 4.91. The molecule has 6 heteroatoms. The average Bonchev–Trinajstić information content (AvgIpc) is 2.83. The van der Waals surface area contributed by atoms with E-state index in [1.54, 1.807) is 12.1 Å². The van der Waals surface area contributed by atoms with E-state index < -0.39 is 21.8 Å². The quantitative estimate of drug-likeness (QED) is 0.590. The number of hydrogen-bond donors (Lipinski definition) is 1. The van der Waals surface area contributed by atoms with Gasteiger partial charge in [-0.3, -0.25) is 4.55 Å². The standard InChI is InChI=1S/C16H14O5S/c17-16(21-7-8-22(18,19)20)12-5-6-15-13(10-12)9-11-3-1-2-4-14(11)15/h1-6,10H,7-9H2,(H,18,19,20). The van der Waals surface area contributed by atoms with Gasteiger partial charge in [-0.15, -0.1) is 0 Å². The van der Waals surface area contributed by atoms with Gasteiger partial charge in [0.05, 0.1) is 5.56 Å². The van der Waals surface area contributed by atoms with Crippen LogP contribution >= 0.6 is 0 Å². The zero-order valence-electron chi connectivity index (χ0n) is 11.7. The van der Waals surface area contributed by atoms with Crippen LogP contribution in [0.25, 0.3) is 11.1 Å². The van der Waals surface area contributed by atoms with Crippen LogP contribution in [0.3, 0.4) is 0 Å². The molecule has 0 fully saturated rings. The third kappa shape index (κ3) is 3.03. The first-order valence-corrected chi connectivity index (χ1v) is 8.38. The number of rotatable bonds is 4. The summed E-state index contributed by atoms with van der Waals surface area (Å²) < 4.78 is 34.7. The lowest BCUT2D eigenvalue weighted by atomic mass is 10.0. The summed E-state index contributed by atoms with van der Waals surface area (Å²) in [7, 11) is -4.13. The molecule has 0 unspecified atom stereocenters. The molecule has 1 aliphatic rings. The molecule has 114 valence electrons. The minimum absolute atomic E-state index is 0.366. The molecule has 0 radical (unpaired) electrons. The van der Waals surface area contributed by atoms with Crippen LogP contribution in [0.1, 0.15) is 21.5 Å². The molecule has 0 heterocycles. The van der Waals surface area contributed by atoms with Crippen LogP contribution < -0.4 is 0 Å². The Bertz CT molecular complexity index is 839. The highest BCUT2D eigenvalue weighted by molar-refractivity contribution is 7.85. The van der Waals surface area contributed by atoms with E-state index in [0.717, 1.165) is 17.5 Å². The van der Waals surface area contributed by atoms with Gasteiger partial charge < -0.3 is 4.74 Å². The second kappa shape index (κ2) is 5.55. The van der Waals surface area contributed by atoms with E-state index in [1.165, 1.54) is 11.1 Å². The van der Waals surface area contributed by atoms with Crippen LogP contribution in [-0.4, -0.2) is 31.3 Å². The summed E-state index contributed by atoms with van der Waals surface area (Å²) in [4.78, 5) is 11.9. The maximum absolute atomic E-state index is 11.9. The highest BCUT2D eigenvalue weighted by atomic mass is 32.2.